The Labute approximate surface area is 129 Å². The van der Waals surface area contributed by atoms with Gasteiger partial charge in [-0.3, -0.25) is 4.98 Å². The van der Waals surface area contributed by atoms with E-state index in [0.29, 0.717) is 0 Å². The first kappa shape index (κ1) is 14.1. The van der Waals surface area contributed by atoms with Crippen LogP contribution in [0.2, 0.25) is 5.02 Å². The number of nitrogens with one attached hydrogen (secondary N) is 1. The summed E-state index contributed by atoms with van der Waals surface area (Å²) >= 11 is 6.00. The number of pyridine rings is 1. The van der Waals surface area contributed by atoms with Gasteiger partial charge < -0.3 is 5.32 Å². The maximum Gasteiger partial charge on any atom is 0.0753 e. The Bertz CT molecular complexity index is 732. The molecule has 2 aromatic carbocycles. The molecule has 0 spiro atoms. The summed E-state index contributed by atoms with van der Waals surface area (Å²) in [5.74, 6) is 0. The Morgan fingerprint density at radius 2 is 1.81 bits per heavy atom. The zero-order valence-electron chi connectivity index (χ0n) is 11.9. The van der Waals surface area contributed by atoms with Crippen molar-refractivity contribution in [2.24, 2.45) is 0 Å². The zero-order valence-corrected chi connectivity index (χ0v) is 12.6. The minimum absolute atomic E-state index is 0.117. The van der Waals surface area contributed by atoms with E-state index in [1.54, 1.807) is 0 Å². The normalized spacial score (nSPS) is 12.5. The third-order valence-electron chi connectivity index (χ3n) is 3.59. The number of aromatic nitrogens is 1. The maximum atomic E-state index is 6.00. The van der Waals surface area contributed by atoms with Crippen LogP contribution in [-0.2, 0) is 0 Å². The van der Waals surface area contributed by atoms with Gasteiger partial charge in [-0.1, -0.05) is 54.9 Å². The quantitative estimate of drug-likeness (QED) is 0.762. The zero-order chi connectivity index (χ0) is 14.7. The second-order valence-corrected chi connectivity index (χ2v) is 5.40. The fourth-order valence-corrected chi connectivity index (χ4v) is 2.75. The first-order valence-corrected chi connectivity index (χ1v) is 7.50. The number of para-hydroxylation sites is 1. The summed E-state index contributed by atoms with van der Waals surface area (Å²) in [5, 5.41) is 5.46. The molecule has 1 aromatic heterocycles. The summed E-state index contributed by atoms with van der Waals surface area (Å²) in [6.07, 6.45) is 1.84. The summed E-state index contributed by atoms with van der Waals surface area (Å²) in [6.45, 7) is 3.00. The topological polar surface area (TPSA) is 24.9 Å². The van der Waals surface area contributed by atoms with Gasteiger partial charge in [0.2, 0.25) is 0 Å². The lowest BCUT2D eigenvalue weighted by Gasteiger charge is -2.20. The third kappa shape index (κ3) is 2.92. The van der Waals surface area contributed by atoms with Crippen LogP contribution in [0, 0.1) is 0 Å². The molecule has 3 heteroatoms. The van der Waals surface area contributed by atoms with E-state index >= 15 is 0 Å². The van der Waals surface area contributed by atoms with Gasteiger partial charge in [0.25, 0.3) is 0 Å². The summed E-state index contributed by atoms with van der Waals surface area (Å²) in [5.41, 5.74) is 3.43. The molecule has 0 radical (unpaired) electrons. The SMILES string of the molecule is CCNC(c1ccc(Cl)cc1)c1cccc2cccnc12. The molecule has 2 nitrogen and oxygen atoms in total. The number of nitrogens with zero attached hydrogens (tertiary/aromatic N) is 1. The van der Waals surface area contributed by atoms with E-state index in [0.717, 1.165) is 22.5 Å². The average Bonchev–Trinajstić information content (AvgIpc) is 2.53. The minimum atomic E-state index is 0.117. The van der Waals surface area contributed by atoms with Gasteiger partial charge in [-0.05, 0) is 35.9 Å². The van der Waals surface area contributed by atoms with Gasteiger partial charge >= 0.3 is 0 Å². The van der Waals surface area contributed by atoms with E-state index in [-0.39, 0.29) is 6.04 Å². The molecule has 3 aromatic rings. The summed E-state index contributed by atoms with van der Waals surface area (Å²) < 4.78 is 0. The highest BCUT2D eigenvalue weighted by molar-refractivity contribution is 6.30. The Balaban J connectivity index is 2.13. The van der Waals surface area contributed by atoms with E-state index in [9.17, 15) is 0 Å². The van der Waals surface area contributed by atoms with Gasteiger partial charge in [0.05, 0.1) is 11.6 Å². The fourth-order valence-electron chi connectivity index (χ4n) is 2.63. The van der Waals surface area contributed by atoms with Crippen LogP contribution in [0.4, 0.5) is 0 Å². The maximum absolute atomic E-state index is 6.00. The van der Waals surface area contributed by atoms with Gasteiger partial charge in [-0.2, -0.15) is 0 Å². The molecule has 1 atom stereocenters. The van der Waals surface area contributed by atoms with Gasteiger partial charge in [0, 0.05) is 16.6 Å². The molecule has 0 aliphatic heterocycles. The molecule has 106 valence electrons. The van der Waals surface area contributed by atoms with Crippen molar-refractivity contribution in [2.75, 3.05) is 6.54 Å². The second kappa shape index (κ2) is 6.25. The van der Waals surface area contributed by atoms with E-state index in [1.807, 2.05) is 24.4 Å². The van der Waals surface area contributed by atoms with Crippen LogP contribution in [0.1, 0.15) is 24.1 Å². The first-order chi connectivity index (χ1) is 10.3. The van der Waals surface area contributed by atoms with Crippen molar-refractivity contribution in [3.63, 3.8) is 0 Å². The molecule has 0 aliphatic rings. The van der Waals surface area contributed by atoms with Crippen molar-refractivity contribution in [3.05, 3.63) is 76.9 Å². The van der Waals surface area contributed by atoms with Crippen LogP contribution in [0.5, 0.6) is 0 Å². The smallest absolute Gasteiger partial charge is 0.0753 e. The van der Waals surface area contributed by atoms with Crippen molar-refractivity contribution in [1.29, 1.82) is 0 Å². The van der Waals surface area contributed by atoms with Gasteiger partial charge in [-0.25, -0.2) is 0 Å². The van der Waals surface area contributed by atoms with E-state index < -0.39 is 0 Å². The van der Waals surface area contributed by atoms with Gasteiger partial charge in [-0.15, -0.1) is 0 Å². The lowest BCUT2D eigenvalue weighted by molar-refractivity contribution is 0.633. The summed E-state index contributed by atoms with van der Waals surface area (Å²) in [4.78, 5) is 4.56. The largest absolute Gasteiger partial charge is 0.306 e. The van der Waals surface area contributed by atoms with E-state index in [2.05, 4.69) is 53.6 Å². The molecule has 1 heterocycles. The summed E-state index contributed by atoms with van der Waals surface area (Å²) in [7, 11) is 0. The van der Waals surface area contributed by atoms with Crippen molar-refractivity contribution in [2.45, 2.75) is 13.0 Å². The number of rotatable bonds is 4. The molecule has 0 amide bonds. The Morgan fingerprint density at radius 3 is 2.57 bits per heavy atom. The van der Waals surface area contributed by atoms with Crippen molar-refractivity contribution >= 4 is 22.5 Å². The highest BCUT2D eigenvalue weighted by Crippen LogP contribution is 2.28. The monoisotopic (exact) mass is 296 g/mol. The Kier molecular flexibility index (Phi) is 4.18. The summed E-state index contributed by atoms with van der Waals surface area (Å²) in [6, 6.07) is 18.5. The van der Waals surface area contributed by atoms with E-state index in [1.165, 1.54) is 11.1 Å². The Hall–Kier alpha value is -1.90. The first-order valence-electron chi connectivity index (χ1n) is 7.12. The lowest BCUT2D eigenvalue weighted by Crippen LogP contribution is -2.22. The van der Waals surface area contributed by atoms with Crippen molar-refractivity contribution in [3.8, 4) is 0 Å². The van der Waals surface area contributed by atoms with Crippen LogP contribution in [-0.4, -0.2) is 11.5 Å². The second-order valence-electron chi connectivity index (χ2n) is 4.96. The standard InChI is InChI=1S/C18H17ClN2/c1-2-20-17(14-8-10-15(19)11-9-14)16-7-3-5-13-6-4-12-21-18(13)16/h3-12,17,20H,2H2,1H3. The molecule has 0 saturated heterocycles. The minimum Gasteiger partial charge on any atom is -0.306 e. The molecule has 0 saturated carbocycles. The molecule has 1 unspecified atom stereocenters. The van der Waals surface area contributed by atoms with Crippen LogP contribution in [0.25, 0.3) is 10.9 Å². The van der Waals surface area contributed by atoms with Gasteiger partial charge in [0.1, 0.15) is 0 Å². The number of fused-ring (bicyclic) bond motifs is 1. The number of hydrogen-bond donors (Lipinski definition) is 1. The molecular weight excluding hydrogens is 280 g/mol. The van der Waals surface area contributed by atoms with Gasteiger partial charge in [0.15, 0.2) is 0 Å². The van der Waals surface area contributed by atoms with E-state index in [4.69, 9.17) is 11.6 Å². The highest BCUT2D eigenvalue weighted by Gasteiger charge is 2.16. The molecule has 3 rings (SSSR count). The molecular formula is C18H17ClN2. The van der Waals surface area contributed by atoms with Crippen LogP contribution >= 0.6 is 11.6 Å². The lowest BCUT2D eigenvalue weighted by atomic mass is 9.96. The van der Waals surface area contributed by atoms with Crippen molar-refractivity contribution in [1.82, 2.24) is 10.3 Å². The molecule has 0 bridgehead atoms. The highest BCUT2D eigenvalue weighted by atomic mass is 35.5. The fraction of sp³-hybridized carbons (Fsp3) is 0.167. The number of hydrogen-bond acceptors (Lipinski definition) is 2. The third-order valence-corrected chi connectivity index (χ3v) is 3.84. The van der Waals surface area contributed by atoms with Crippen LogP contribution < -0.4 is 5.32 Å². The molecule has 0 aliphatic carbocycles. The predicted octanol–water partition coefficient (Wildman–Crippen LogP) is 4.59. The predicted molar refractivity (Wildman–Crippen MR) is 88.7 cm³/mol. The van der Waals surface area contributed by atoms with Crippen LogP contribution in [0.15, 0.2) is 60.8 Å². The number of benzene rings is 2. The molecule has 21 heavy (non-hydrogen) atoms. The molecule has 1 N–H and O–H groups in total. The Morgan fingerprint density at radius 1 is 1.05 bits per heavy atom. The molecule has 0 fully saturated rings. The average molecular weight is 297 g/mol. The van der Waals surface area contributed by atoms with Crippen molar-refractivity contribution < 1.29 is 0 Å². The van der Waals surface area contributed by atoms with Crippen LogP contribution in [0.3, 0.4) is 0 Å². The number of halogens is 1.